The lowest BCUT2D eigenvalue weighted by Gasteiger charge is -2.12. The van der Waals surface area contributed by atoms with Crippen molar-refractivity contribution in [3.8, 4) is 0 Å². The largest absolute Gasteiger partial charge is 0.396 e. The Hall–Kier alpha value is -0.640. The van der Waals surface area contributed by atoms with Crippen LogP contribution in [0.25, 0.3) is 0 Å². The highest BCUT2D eigenvalue weighted by Crippen LogP contribution is 2.12. The second kappa shape index (κ2) is 2.77. The van der Waals surface area contributed by atoms with E-state index in [-0.39, 0.29) is 13.0 Å². The van der Waals surface area contributed by atoms with Gasteiger partial charge in [0.25, 0.3) is 5.91 Å². The van der Waals surface area contributed by atoms with Gasteiger partial charge in [0.15, 0.2) is 5.67 Å². The van der Waals surface area contributed by atoms with Crippen molar-refractivity contribution < 1.29 is 14.3 Å². The predicted octanol–water partition coefficient (Wildman–Crippen LogP) is -0.418. The minimum atomic E-state index is -2.06. The van der Waals surface area contributed by atoms with E-state index in [0.29, 0.717) is 0 Å². The molecule has 0 saturated carbocycles. The Morgan fingerprint density at radius 2 is 2.33 bits per heavy atom. The number of hydrogen-bond acceptors (Lipinski definition) is 2. The molecule has 0 bridgehead atoms. The predicted molar refractivity (Wildman–Crippen MR) is 30.4 cm³/mol. The van der Waals surface area contributed by atoms with Gasteiger partial charge < -0.3 is 10.8 Å². The van der Waals surface area contributed by atoms with Gasteiger partial charge in [0.2, 0.25) is 0 Å². The number of carbonyl (C=O) groups excluding carboxylic acids is 1. The number of carbonyl (C=O) groups is 1. The third-order valence-electron chi connectivity index (χ3n) is 1.10. The van der Waals surface area contributed by atoms with E-state index >= 15 is 0 Å². The summed E-state index contributed by atoms with van der Waals surface area (Å²) in [7, 11) is 0. The molecule has 0 rings (SSSR count). The normalized spacial score (nSPS) is 16.8. The monoisotopic (exact) mass is 135 g/mol. The van der Waals surface area contributed by atoms with Gasteiger partial charge in [-0.15, -0.1) is 0 Å². The molecule has 0 unspecified atom stereocenters. The van der Waals surface area contributed by atoms with E-state index in [1.807, 2.05) is 0 Å². The number of aliphatic hydroxyl groups excluding tert-OH is 1. The Morgan fingerprint density at radius 3 is 2.44 bits per heavy atom. The SMILES string of the molecule is C[C@](F)(CCO)C(N)=O. The molecule has 3 N–H and O–H groups in total. The van der Waals surface area contributed by atoms with Gasteiger partial charge in [0.05, 0.1) is 0 Å². The highest BCUT2D eigenvalue weighted by Gasteiger charge is 2.29. The maximum Gasteiger partial charge on any atom is 0.254 e. The summed E-state index contributed by atoms with van der Waals surface area (Å²) in [5.74, 6) is -1.03. The molecule has 0 aliphatic rings. The Bertz CT molecular complexity index is 114. The molecule has 0 aromatic heterocycles. The zero-order chi connectivity index (χ0) is 7.49. The Labute approximate surface area is 52.7 Å². The minimum absolute atomic E-state index is 0.234. The van der Waals surface area contributed by atoms with E-state index in [1.165, 1.54) is 0 Å². The molecule has 0 spiro atoms. The molecule has 0 aliphatic heterocycles. The average Bonchev–Trinajstić information content (AvgIpc) is 1.65. The molecule has 4 heteroatoms. The van der Waals surface area contributed by atoms with Crippen LogP contribution >= 0.6 is 0 Å². The van der Waals surface area contributed by atoms with Crippen molar-refractivity contribution >= 4 is 5.91 Å². The second-order valence-electron chi connectivity index (χ2n) is 2.04. The Kier molecular flexibility index (Phi) is 2.58. The first-order valence-electron chi connectivity index (χ1n) is 2.60. The molecule has 0 aliphatic carbocycles. The highest BCUT2D eigenvalue weighted by atomic mass is 19.1. The van der Waals surface area contributed by atoms with Crippen LogP contribution in [0.4, 0.5) is 4.39 Å². The van der Waals surface area contributed by atoms with Crippen LogP contribution in [0.3, 0.4) is 0 Å². The van der Waals surface area contributed by atoms with E-state index in [0.717, 1.165) is 6.92 Å². The fraction of sp³-hybridized carbons (Fsp3) is 0.800. The number of alkyl halides is 1. The van der Waals surface area contributed by atoms with Gasteiger partial charge in [0.1, 0.15) is 0 Å². The zero-order valence-electron chi connectivity index (χ0n) is 5.22. The summed E-state index contributed by atoms with van der Waals surface area (Å²) in [5.41, 5.74) is 2.57. The average molecular weight is 135 g/mol. The minimum Gasteiger partial charge on any atom is -0.396 e. The summed E-state index contributed by atoms with van der Waals surface area (Å²) >= 11 is 0. The van der Waals surface area contributed by atoms with Crippen LogP contribution in [0.2, 0.25) is 0 Å². The summed E-state index contributed by atoms with van der Waals surface area (Å²) in [6.07, 6.45) is -0.234. The lowest BCUT2D eigenvalue weighted by molar-refractivity contribution is -0.129. The topological polar surface area (TPSA) is 63.3 Å². The van der Waals surface area contributed by atoms with Gasteiger partial charge >= 0.3 is 0 Å². The highest BCUT2D eigenvalue weighted by molar-refractivity contribution is 5.82. The number of amides is 1. The Balaban J connectivity index is 3.85. The second-order valence-corrected chi connectivity index (χ2v) is 2.04. The zero-order valence-corrected chi connectivity index (χ0v) is 5.22. The summed E-state index contributed by atoms with van der Waals surface area (Å²) in [6, 6.07) is 0. The molecule has 9 heavy (non-hydrogen) atoms. The summed E-state index contributed by atoms with van der Waals surface area (Å²) in [4.78, 5) is 10.1. The fourth-order valence-electron chi connectivity index (χ4n) is 0.333. The molecule has 1 amide bonds. The van der Waals surface area contributed by atoms with E-state index in [9.17, 15) is 9.18 Å². The van der Waals surface area contributed by atoms with Crippen LogP contribution < -0.4 is 5.73 Å². The first-order valence-corrected chi connectivity index (χ1v) is 2.60. The third-order valence-corrected chi connectivity index (χ3v) is 1.10. The third kappa shape index (κ3) is 2.41. The number of halogens is 1. The maximum absolute atomic E-state index is 12.6. The van der Waals surface area contributed by atoms with Crippen LogP contribution in [-0.2, 0) is 4.79 Å². The molecule has 54 valence electrons. The number of rotatable bonds is 3. The van der Waals surface area contributed by atoms with Crippen molar-refractivity contribution in [2.45, 2.75) is 19.0 Å². The molecule has 0 heterocycles. The number of nitrogens with two attached hydrogens (primary N) is 1. The number of hydrogen-bond donors (Lipinski definition) is 2. The lowest BCUT2D eigenvalue weighted by atomic mass is 10.1. The molecule has 0 radical (unpaired) electrons. The van der Waals surface area contributed by atoms with Crippen LogP contribution in [0.15, 0.2) is 0 Å². The summed E-state index contributed by atoms with van der Waals surface area (Å²) < 4.78 is 12.6. The van der Waals surface area contributed by atoms with Crippen molar-refractivity contribution in [2.75, 3.05) is 6.61 Å². The van der Waals surface area contributed by atoms with E-state index in [4.69, 9.17) is 5.11 Å². The lowest BCUT2D eigenvalue weighted by Crippen LogP contribution is -2.37. The van der Waals surface area contributed by atoms with Crippen LogP contribution in [0.5, 0.6) is 0 Å². The molecule has 0 aromatic rings. The van der Waals surface area contributed by atoms with Gasteiger partial charge in [0, 0.05) is 13.0 Å². The van der Waals surface area contributed by atoms with Crippen molar-refractivity contribution in [1.29, 1.82) is 0 Å². The maximum atomic E-state index is 12.6. The smallest absolute Gasteiger partial charge is 0.254 e. The molecule has 1 atom stereocenters. The van der Waals surface area contributed by atoms with E-state index in [1.54, 1.807) is 0 Å². The summed E-state index contributed by atoms with van der Waals surface area (Å²) in [5, 5.41) is 8.20. The quantitative estimate of drug-likeness (QED) is 0.552. The van der Waals surface area contributed by atoms with Crippen molar-refractivity contribution in [1.82, 2.24) is 0 Å². The Morgan fingerprint density at radius 1 is 1.89 bits per heavy atom. The molecule has 3 nitrogen and oxygen atoms in total. The first-order chi connectivity index (χ1) is 4.00. The standard InChI is InChI=1S/C5H10FNO2/c1-5(6,2-3-8)4(7)9/h8H,2-3H2,1H3,(H2,7,9)/t5-/m0/s1. The van der Waals surface area contributed by atoms with E-state index < -0.39 is 11.6 Å². The molecular weight excluding hydrogens is 125 g/mol. The van der Waals surface area contributed by atoms with Crippen LogP contribution in [0.1, 0.15) is 13.3 Å². The van der Waals surface area contributed by atoms with Gasteiger partial charge in [-0.05, 0) is 6.92 Å². The molecule has 0 saturated heterocycles. The van der Waals surface area contributed by atoms with E-state index in [2.05, 4.69) is 5.73 Å². The number of primary amides is 1. The van der Waals surface area contributed by atoms with Crippen LogP contribution in [-0.4, -0.2) is 23.3 Å². The van der Waals surface area contributed by atoms with Gasteiger partial charge in [-0.25, -0.2) is 4.39 Å². The van der Waals surface area contributed by atoms with Gasteiger partial charge in [-0.3, -0.25) is 4.79 Å². The molecular formula is C5H10FNO2. The van der Waals surface area contributed by atoms with Crippen molar-refractivity contribution in [3.05, 3.63) is 0 Å². The summed E-state index contributed by atoms with van der Waals surface area (Å²) in [6.45, 7) is 0.682. The first kappa shape index (κ1) is 8.36. The van der Waals surface area contributed by atoms with Crippen molar-refractivity contribution in [3.63, 3.8) is 0 Å². The van der Waals surface area contributed by atoms with Crippen molar-refractivity contribution in [2.24, 2.45) is 5.73 Å². The molecule has 0 fully saturated rings. The van der Waals surface area contributed by atoms with Gasteiger partial charge in [-0.2, -0.15) is 0 Å². The van der Waals surface area contributed by atoms with Crippen LogP contribution in [0, 0.1) is 0 Å². The van der Waals surface area contributed by atoms with Gasteiger partial charge in [-0.1, -0.05) is 0 Å². The molecule has 0 aromatic carbocycles. The fourth-order valence-corrected chi connectivity index (χ4v) is 0.333. The number of aliphatic hydroxyl groups is 1.